The number of sulfone groups is 1. The van der Waals surface area contributed by atoms with Crippen LogP contribution < -0.4 is 0 Å². The fourth-order valence-electron chi connectivity index (χ4n) is 2.19. The zero-order chi connectivity index (χ0) is 15.6. The minimum Gasteiger partial charge on any atom is -0.298 e. The lowest BCUT2D eigenvalue weighted by molar-refractivity contribution is 0.112. The summed E-state index contributed by atoms with van der Waals surface area (Å²) < 4.78 is 23.9. The molecule has 6 heteroatoms. The monoisotopic (exact) mass is 306 g/mol. The highest BCUT2D eigenvalue weighted by Crippen LogP contribution is 2.25. The van der Waals surface area contributed by atoms with Crippen LogP contribution >= 0.6 is 0 Å². The van der Waals surface area contributed by atoms with Gasteiger partial charge in [0.25, 0.3) is 0 Å². The predicted octanol–water partition coefficient (Wildman–Crippen LogP) is 2.02. The van der Waals surface area contributed by atoms with Crippen molar-refractivity contribution in [2.75, 3.05) is 12.0 Å². The number of aromatic nitrogens is 2. The second-order valence-corrected chi connectivity index (χ2v) is 7.52. The maximum absolute atomic E-state index is 11.2. The van der Waals surface area contributed by atoms with Crippen molar-refractivity contribution in [1.82, 2.24) is 9.78 Å². The Kier molecular flexibility index (Phi) is 4.27. The number of aryl methyl sites for hydroxylation is 3. The zero-order valence-electron chi connectivity index (χ0n) is 12.3. The summed E-state index contributed by atoms with van der Waals surface area (Å²) in [7, 11) is -3.06. The third kappa shape index (κ3) is 3.78. The van der Waals surface area contributed by atoms with Crippen molar-refractivity contribution in [2.45, 2.75) is 20.4 Å². The molecule has 0 aliphatic carbocycles. The molecule has 112 valence electrons. The average Bonchev–Trinajstić information content (AvgIpc) is 2.79. The summed E-state index contributed by atoms with van der Waals surface area (Å²) in [5.41, 5.74) is 4.12. The first-order valence-electron chi connectivity index (χ1n) is 6.58. The van der Waals surface area contributed by atoms with E-state index in [4.69, 9.17) is 0 Å². The summed E-state index contributed by atoms with van der Waals surface area (Å²) >= 11 is 0. The van der Waals surface area contributed by atoms with E-state index in [1.807, 2.05) is 32.0 Å². The van der Waals surface area contributed by atoms with E-state index in [-0.39, 0.29) is 12.3 Å². The maximum Gasteiger partial charge on any atom is 0.153 e. The summed E-state index contributed by atoms with van der Waals surface area (Å²) in [5, 5.41) is 4.37. The van der Waals surface area contributed by atoms with Gasteiger partial charge in [-0.05, 0) is 19.4 Å². The average molecular weight is 306 g/mol. The van der Waals surface area contributed by atoms with E-state index in [1.54, 1.807) is 6.20 Å². The van der Waals surface area contributed by atoms with Crippen LogP contribution in [0.1, 0.15) is 21.5 Å². The van der Waals surface area contributed by atoms with Crippen molar-refractivity contribution in [3.8, 4) is 11.3 Å². The van der Waals surface area contributed by atoms with Crippen LogP contribution in [0.3, 0.4) is 0 Å². The van der Waals surface area contributed by atoms with Crippen LogP contribution in [-0.4, -0.2) is 36.5 Å². The third-order valence-electron chi connectivity index (χ3n) is 3.25. The molecule has 0 unspecified atom stereocenters. The fourth-order valence-corrected chi connectivity index (χ4v) is 2.70. The second-order valence-electron chi connectivity index (χ2n) is 5.26. The van der Waals surface area contributed by atoms with Crippen LogP contribution in [0.5, 0.6) is 0 Å². The molecule has 5 nitrogen and oxygen atoms in total. The van der Waals surface area contributed by atoms with Gasteiger partial charge >= 0.3 is 0 Å². The van der Waals surface area contributed by atoms with Crippen LogP contribution in [-0.2, 0) is 16.4 Å². The number of aldehydes is 1. The zero-order valence-corrected chi connectivity index (χ0v) is 13.1. The molecule has 0 N–H and O–H groups in total. The van der Waals surface area contributed by atoms with Crippen LogP contribution in [0, 0.1) is 13.8 Å². The molecule has 1 heterocycles. The van der Waals surface area contributed by atoms with Crippen molar-refractivity contribution < 1.29 is 13.2 Å². The molecule has 0 aliphatic heterocycles. The number of carbonyl (C=O) groups is 1. The quantitative estimate of drug-likeness (QED) is 0.793. The third-order valence-corrected chi connectivity index (χ3v) is 4.17. The van der Waals surface area contributed by atoms with Gasteiger partial charge in [0.15, 0.2) is 6.29 Å². The Balaban J connectivity index is 2.39. The molecule has 0 saturated carbocycles. The van der Waals surface area contributed by atoms with Gasteiger partial charge in [0.2, 0.25) is 0 Å². The summed E-state index contributed by atoms with van der Waals surface area (Å²) in [4.78, 5) is 11.2. The van der Waals surface area contributed by atoms with Crippen molar-refractivity contribution in [2.24, 2.45) is 0 Å². The van der Waals surface area contributed by atoms with Crippen molar-refractivity contribution in [3.63, 3.8) is 0 Å². The number of rotatable bonds is 5. The molecule has 1 aromatic heterocycles. The molecule has 0 radical (unpaired) electrons. The number of carbonyl (C=O) groups excluding carboxylic acids is 1. The SMILES string of the molecule is Cc1ccc(-c2nn(CCS(C)(=O)=O)cc2C=O)c(C)c1. The maximum atomic E-state index is 11.2. The lowest BCUT2D eigenvalue weighted by atomic mass is 10.0. The molecule has 2 aromatic rings. The Bertz CT molecular complexity index is 776. The molecular formula is C15H18N2O3S. The highest BCUT2D eigenvalue weighted by atomic mass is 32.2. The van der Waals surface area contributed by atoms with Crippen molar-refractivity contribution >= 4 is 16.1 Å². The molecule has 0 saturated heterocycles. The van der Waals surface area contributed by atoms with E-state index in [2.05, 4.69) is 5.10 Å². The van der Waals surface area contributed by atoms with Crippen LogP contribution in [0.15, 0.2) is 24.4 Å². The van der Waals surface area contributed by atoms with Crippen LogP contribution in [0.4, 0.5) is 0 Å². The summed E-state index contributed by atoms with van der Waals surface area (Å²) in [6.07, 6.45) is 3.52. The summed E-state index contributed by atoms with van der Waals surface area (Å²) in [6, 6.07) is 5.92. The normalized spacial score (nSPS) is 11.6. The molecule has 0 bridgehead atoms. The Hall–Kier alpha value is -1.95. The standard InChI is InChI=1S/C15H18N2O3S/c1-11-4-5-14(12(2)8-11)15-13(10-18)9-17(16-15)6-7-21(3,19)20/h4-5,8-10H,6-7H2,1-3H3. The minimum absolute atomic E-state index is 0.000697. The lowest BCUT2D eigenvalue weighted by Crippen LogP contribution is -2.11. The van der Waals surface area contributed by atoms with E-state index >= 15 is 0 Å². The lowest BCUT2D eigenvalue weighted by Gasteiger charge is -2.05. The van der Waals surface area contributed by atoms with Crippen molar-refractivity contribution in [1.29, 1.82) is 0 Å². The molecule has 0 atom stereocenters. The summed E-state index contributed by atoms with van der Waals surface area (Å²) in [6.45, 7) is 4.21. The number of hydrogen-bond acceptors (Lipinski definition) is 4. The van der Waals surface area contributed by atoms with E-state index < -0.39 is 9.84 Å². The van der Waals surface area contributed by atoms with Gasteiger partial charge in [0.05, 0.1) is 17.9 Å². The first-order chi connectivity index (χ1) is 9.80. The Morgan fingerprint density at radius 2 is 2.00 bits per heavy atom. The van der Waals surface area contributed by atoms with Gasteiger partial charge in [-0.3, -0.25) is 9.48 Å². The van der Waals surface area contributed by atoms with Crippen molar-refractivity contribution in [3.05, 3.63) is 41.1 Å². The topological polar surface area (TPSA) is 69.0 Å². The van der Waals surface area contributed by atoms with Gasteiger partial charge in [0.1, 0.15) is 15.5 Å². The van der Waals surface area contributed by atoms with Gasteiger partial charge in [-0.15, -0.1) is 0 Å². The Labute approximate surface area is 124 Å². The number of benzene rings is 1. The molecule has 2 rings (SSSR count). The van der Waals surface area contributed by atoms with Gasteiger partial charge in [-0.1, -0.05) is 23.8 Å². The first kappa shape index (κ1) is 15.4. The van der Waals surface area contributed by atoms with Gasteiger partial charge in [-0.25, -0.2) is 8.42 Å². The molecule has 21 heavy (non-hydrogen) atoms. The van der Waals surface area contributed by atoms with Gasteiger partial charge in [0, 0.05) is 18.0 Å². The number of hydrogen-bond donors (Lipinski definition) is 0. The predicted molar refractivity (Wildman–Crippen MR) is 82.2 cm³/mol. The molecule has 0 amide bonds. The highest BCUT2D eigenvalue weighted by Gasteiger charge is 2.13. The second kappa shape index (κ2) is 5.81. The van der Waals surface area contributed by atoms with E-state index in [1.165, 1.54) is 10.9 Å². The smallest absolute Gasteiger partial charge is 0.153 e. The number of nitrogens with zero attached hydrogens (tertiary/aromatic N) is 2. The van der Waals surface area contributed by atoms with E-state index in [9.17, 15) is 13.2 Å². The van der Waals surface area contributed by atoms with Gasteiger partial charge in [-0.2, -0.15) is 5.10 Å². The largest absolute Gasteiger partial charge is 0.298 e. The summed E-state index contributed by atoms with van der Waals surface area (Å²) in [5.74, 6) is -0.000697. The minimum atomic E-state index is -3.06. The molecule has 1 aromatic carbocycles. The Morgan fingerprint density at radius 1 is 1.29 bits per heavy atom. The highest BCUT2D eigenvalue weighted by molar-refractivity contribution is 7.90. The van der Waals surface area contributed by atoms with Crippen LogP contribution in [0.2, 0.25) is 0 Å². The molecule has 0 aliphatic rings. The molecular weight excluding hydrogens is 288 g/mol. The first-order valence-corrected chi connectivity index (χ1v) is 8.64. The van der Waals surface area contributed by atoms with E-state index in [0.717, 1.165) is 23.0 Å². The van der Waals surface area contributed by atoms with Gasteiger partial charge < -0.3 is 0 Å². The fraction of sp³-hybridized carbons (Fsp3) is 0.333. The Morgan fingerprint density at radius 3 is 2.57 bits per heavy atom. The van der Waals surface area contributed by atoms with Crippen LogP contribution in [0.25, 0.3) is 11.3 Å². The molecule has 0 fully saturated rings. The van der Waals surface area contributed by atoms with E-state index in [0.29, 0.717) is 11.3 Å². The molecule has 0 spiro atoms.